The third-order valence-corrected chi connectivity index (χ3v) is 3.23. The molecule has 1 aromatic carbocycles. The summed E-state index contributed by atoms with van der Waals surface area (Å²) in [4.78, 5) is 11.8. The largest absolute Gasteiger partial charge is 0.464 e. The molecule has 3 aromatic rings. The molecule has 2 heterocycles. The van der Waals surface area contributed by atoms with E-state index in [0.717, 1.165) is 6.20 Å². The van der Waals surface area contributed by atoms with Crippen LogP contribution in [0.4, 0.5) is 13.2 Å². The molecule has 0 radical (unpaired) electrons. The van der Waals surface area contributed by atoms with Gasteiger partial charge in [0.25, 0.3) is 0 Å². The van der Waals surface area contributed by atoms with E-state index in [1.54, 1.807) is 12.1 Å². The second-order valence-electron chi connectivity index (χ2n) is 4.65. The molecule has 3 rings (SSSR count). The fourth-order valence-corrected chi connectivity index (χ4v) is 2.32. The van der Waals surface area contributed by atoms with Crippen LogP contribution in [0.5, 0.6) is 0 Å². The highest BCUT2D eigenvalue weighted by molar-refractivity contribution is 5.92. The molecule has 0 saturated heterocycles. The van der Waals surface area contributed by atoms with Crippen molar-refractivity contribution in [2.75, 3.05) is 6.61 Å². The summed E-state index contributed by atoms with van der Waals surface area (Å²) in [7, 11) is 0. The summed E-state index contributed by atoms with van der Waals surface area (Å²) >= 11 is 0. The average molecular weight is 324 g/mol. The molecule has 0 aliphatic heterocycles. The second-order valence-corrected chi connectivity index (χ2v) is 4.65. The summed E-state index contributed by atoms with van der Waals surface area (Å²) in [6, 6.07) is 6.18. The number of halogens is 3. The second kappa shape index (κ2) is 5.45. The molecule has 0 unspecified atom stereocenters. The Kier molecular flexibility index (Phi) is 3.59. The van der Waals surface area contributed by atoms with Crippen molar-refractivity contribution in [3.8, 4) is 5.69 Å². The van der Waals surface area contributed by atoms with E-state index < -0.39 is 23.4 Å². The van der Waals surface area contributed by atoms with E-state index in [9.17, 15) is 18.0 Å². The number of hydrogen-bond donors (Lipinski definition) is 0. The van der Waals surface area contributed by atoms with Crippen LogP contribution >= 0.6 is 0 Å². The maximum absolute atomic E-state index is 13.5. The van der Waals surface area contributed by atoms with Gasteiger partial charge in [-0.3, -0.25) is 0 Å². The van der Waals surface area contributed by atoms with Gasteiger partial charge in [0, 0.05) is 5.39 Å². The number of fused-ring (bicyclic) bond motifs is 1. The lowest BCUT2D eigenvalue weighted by Crippen LogP contribution is -2.18. The van der Waals surface area contributed by atoms with E-state index in [-0.39, 0.29) is 12.3 Å². The third-order valence-electron chi connectivity index (χ3n) is 3.23. The van der Waals surface area contributed by atoms with Crippen LogP contribution in [-0.4, -0.2) is 22.4 Å². The summed E-state index contributed by atoms with van der Waals surface area (Å²) < 4.78 is 50.9. The first kappa shape index (κ1) is 15.1. The first-order valence-electron chi connectivity index (χ1n) is 6.72. The van der Waals surface area contributed by atoms with E-state index in [1.807, 2.05) is 0 Å². The molecule has 0 aliphatic carbocycles. The average Bonchev–Trinajstić information content (AvgIpc) is 3.13. The van der Waals surface area contributed by atoms with Crippen molar-refractivity contribution in [3.05, 3.63) is 48.0 Å². The Morgan fingerprint density at radius 3 is 2.83 bits per heavy atom. The molecule has 0 fully saturated rings. The number of rotatable bonds is 3. The zero-order chi connectivity index (χ0) is 16.6. The molecule has 120 valence electrons. The van der Waals surface area contributed by atoms with Gasteiger partial charge >= 0.3 is 12.1 Å². The molecule has 0 N–H and O–H groups in total. The van der Waals surface area contributed by atoms with Crippen LogP contribution in [0.25, 0.3) is 16.7 Å². The molecule has 2 aromatic heterocycles. The number of ether oxygens (including phenoxy) is 1. The van der Waals surface area contributed by atoms with Crippen molar-refractivity contribution in [2.45, 2.75) is 13.1 Å². The molecule has 0 atom stereocenters. The number of carbonyl (C=O) groups excluding carboxylic acids is 1. The highest BCUT2D eigenvalue weighted by atomic mass is 19.4. The number of aromatic nitrogens is 2. The first-order valence-corrected chi connectivity index (χ1v) is 6.72. The Hall–Kier alpha value is -2.77. The SMILES string of the molecule is CCOC(=O)c1cnn(-c2cccc3occc23)c1C(F)(F)F. The lowest BCUT2D eigenvalue weighted by molar-refractivity contribution is -0.143. The smallest absolute Gasteiger partial charge is 0.434 e. The van der Waals surface area contributed by atoms with Gasteiger partial charge in [-0.15, -0.1) is 0 Å². The molecule has 0 bridgehead atoms. The summed E-state index contributed by atoms with van der Waals surface area (Å²) in [5, 5.41) is 4.20. The fourth-order valence-electron chi connectivity index (χ4n) is 2.32. The Balaban J connectivity index is 2.24. The van der Waals surface area contributed by atoms with E-state index >= 15 is 0 Å². The zero-order valence-corrected chi connectivity index (χ0v) is 11.9. The highest BCUT2D eigenvalue weighted by Gasteiger charge is 2.41. The maximum Gasteiger partial charge on any atom is 0.434 e. The number of carbonyl (C=O) groups is 1. The quantitative estimate of drug-likeness (QED) is 0.687. The van der Waals surface area contributed by atoms with Gasteiger partial charge in [-0.2, -0.15) is 18.3 Å². The van der Waals surface area contributed by atoms with Crippen molar-refractivity contribution < 1.29 is 27.1 Å². The molecule has 0 spiro atoms. The Morgan fingerprint density at radius 1 is 1.35 bits per heavy atom. The Morgan fingerprint density at radius 2 is 2.13 bits per heavy atom. The minimum Gasteiger partial charge on any atom is -0.464 e. The molecule has 0 saturated carbocycles. The minimum absolute atomic E-state index is 0.0291. The van der Waals surface area contributed by atoms with Crippen LogP contribution in [0.3, 0.4) is 0 Å². The number of furan rings is 1. The topological polar surface area (TPSA) is 57.3 Å². The van der Waals surface area contributed by atoms with Gasteiger partial charge in [0.1, 0.15) is 11.1 Å². The molecule has 23 heavy (non-hydrogen) atoms. The first-order chi connectivity index (χ1) is 10.9. The summed E-state index contributed by atoms with van der Waals surface area (Å²) in [5.74, 6) is -1.06. The van der Waals surface area contributed by atoms with Gasteiger partial charge in [-0.1, -0.05) is 6.07 Å². The molecule has 0 aliphatic rings. The minimum atomic E-state index is -4.77. The van der Waals surface area contributed by atoms with Gasteiger partial charge in [0.2, 0.25) is 0 Å². The lowest BCUT2D eigenvalue weighted by atomic mass is 10.2. The lowest BCUT2D eigenvalue weighted by Gasteiger charge is -2.12. The van der Waals surface area contributed by atoms with Crippen molar-refractivity contribution in [2.24, 2.45) is 0 Å². The number of nitrogens with zero attached hydrogens (tertiary/aromatic N) is 2. The van der Waals surface area contributed by atoms with Crippen LogP contribution in [0.15, 0.2) is 41.1 Å². The fraction of sp³-hybridized carbons (Fsp3) is 0.200. The summed E-state index contributed by atoms with van der Waals surface area (Å²) in [6.07, 6.45) is -2.54. The van der Waals surface area contributed by atoms with Gasteiger partial charge < -0.3 is 9.15 Å². The molecular formula is C15H11F3N2O3. The van der Waals surface area contributed by atoms with Gasteiger partial charge in [0.05, 0.1) is 24.8 Å². The molecule has 0 amide bonds. The summed E-state index contributed by atoms with van der Waals surface area (Å²) in [6.45, 7) is 1.49. The van der Waals surface area contributed by atoms with Gasteiger partial charge in [-0.25, -0.2) is 9.48 Å². The third kappa shape index (κ3) is 2.56. The Labute approximate surface area is 128 Å². The Bertz CT molecular complexity index is 864. The number of esters is 1. The molecular weight excluding hydrogens is 313 g/mol. The zero-order valence-electron chi connectivity index (χ0n) is 11.9. The molecule has 5 nitrogen and oxygen atoms in total. The van der Waals surface area contributed by atoms with Crippen molar-refractivity contribution in [1.82, 2.24) is 9.78 Å². The van der Waals surface area contributed by atoms with Crippen molar-refractivity contribution in [3.63, 3.8) is 0 Å². The van der Waals surface area contributed by atoms with E-state index in [1.165, 1.54) is 25.3 Å². The van der Waals surface area contributed by atoms with Crippen LogP contribution in [-0.2, 0) is 10.9 Å². The van der Waals surface area contributed by atoms with Crippen molar-refractivity contribution in [1.29, 1.82) is 0 Å². The number of benzene rings is 1. The van der Waals surface area contributed by atoms with E-state index in [2.05, 4.69) is 9.84 Å². The van der Waals surface area contributed by atoms with Crippen LogP contribution in [0.1, 0.15) is 23.0 Å². The number of hydrogen-bond acceptors (Lipinski definition) is 4. The van der Waals surface area contributed by atoms with Crippen molar-refractivity contribution >= 4 is 16.9 Å². The van der Waals surface area contributed by atoms with E-state index in [0.29, 0.717) is 15.7 Å². The summed E-state index contributed by atoms with van der Waals surface area (Å²) in [5.41, 5.74) is -1.22. The predicted molar refractivity (Wildman–Crippen MR) is 74.3 cm³/mol. The van der Waals surface area contributed by atoms with Gasteiger partial charge in [-0.05, 0) is 25.1 Å². The van der Waals surface area contributed by atoms with Crippen LogP contribution in [0.2, 0.25) is 0 Å². The monoisotopic (exact) mass is 324 g/mol. The number of alkyl halides is 3. The highest BCUT2D eigenvalue weighted by Crippen LogP contribution is 2.35. The van der Waals surface area contributed by atoms with Crippen LogP contribution < -0.4 is 0 Å². The predicted octanol–water partition coefficient (Wildman–Crippen LogP) is 3.81. The van der Waals surface area contributed by atoms with E-state index in [4.69, 9.17) is 4.42 Å². The standard InChI is InChI=1S/C15H11F3N2O3/c1-2-22-14(21)10-8-19-20(13(10)15(16,17)18)11-4-3-5-12-9(11)6-7-23-12/h3-8H,2H2,1H3. The molecule has 8 heteroatoms. The van der Waals surface area contributed by atoms with Gasteiger partial charge in [0.15, 0.2) is 5.69 Å². The normalized spacial score (nSPS) is 11.8. The maximum atomic E-state index is 13.5. The van der Waals surface area contributed by atoms with Crippen LogP contribution in [0, 0.1) is 0 Å².